The molecule has 0 spiro atoms. The minimum atomic E-state index is -1.74. The summed E-state index contributed by atoms with van der Waals surface area (Å²) in [5.74, 6) is -1.98. The second-order valence-corrected chi connectivity index (χ2v) is 6.72. The van der Waals surface area contributed by atoms with Gasteiger partial charge in [0.2, 0.25) is 5.91 Å². The third-order valence-electron chi connectivity index (χ3n) is 4.81. The van der Waals surface area contributed by atoms with Crippen LogP contribution in [0.5, 0.6) is 0 Å². The Kier molecular flexibility index (Phi) is 8.28. The number of carbonyl (C=O) groups is 2. The van der Waals surface area contributed by atoms with Crippen LogP contribution in [0.1, 0.15) is 6.92 Å². The molecular weight excluding hydrogens is 398 g/mol. The summed E-state index contributed by atoms with van der Waals surface area (Å²) in [5.41, 5.74) is 0. The van der Waals surface area contributed by atoms with Crippen LogP contribution in [-0.4, -0.2) is 120 Å². The summed E-state index contributed by atoms with van der Waals surface area (Å²) < 4.78 is 26.3. The quantitative estimate of drug-likeness (QED) is 0.233. The van der Waals surface area contributed by atoms with E-state index in [1.54, 1.807) is 0 Å². The average molecular weight is 425 g/mol. The molecule has 2 aliphatic rings. The number of ether oxygens (including phenoxy) is 5. The predicted octanol–water partition coefficient (Wildman–Crippen LogP) is -3.85. The Morgan fingerprint density at radius 2 is 1.62 bits per heavy atom. The number of carboxylic acids is 1. The van der Waals surface area contributed by atoms with Crippen LogP contribution in [-0.2, 0) is 33.3 Å². The number of rotatable bonds is 7. The number of aliphatic hydroxyl groups is 4. The highest BCUT2D eigenvalue weighted by Crippen LogP contribution is 2.30. The zero-order valence-electron chi connectivity index (χ0n) is 16.1. The Hall–Kier alpha value is -1.42. The van der Waals surface area contributed by atoms with Gasteiger partial charge in [0.15, 0.2) is 18.7 Å². The van der Waals surface area contributed by atoms with Crippen molar-refractivity contribution in [2.75, 3.05) is 20.8 Å². The first-order chi connectivity index (χ1) is 13.7. The summed E-state index contributed by atoms with van der Waals surface area (Å²) in [6.07, 6.45) is -13.3. The molecule has 13 heteroatoms. The third kappa shape index (κ3) is 5.02. The molecule has 6 N–H and O–H groups in total. The standard InChI is InChI=1S/C16H27NO12/c1-5(19)17-7-11(8(20)6(4-18)27-15(7)26-3)28-16-10(22)9(21)12(25-2)13(29-16)14(23)24/h6-13,15-16,18,20-22H,4H2,1-3H3,(H,17,19)(H,23,24)/t6?,7-,8+,9?,10-,11?,12-,13?,15+,16+/m0/s1. The van der Waals surface area contributed by atoms with E-state index < -0.39 is 79.8 Å². The number of aliphatic hydroxyl groups excluding tert-OH is 4. The fourth-order valence-electron chi connectivity index (χ4n) is 3.39. The molecular formula is C16H27NO12. The summed E-state index contributed by atoms with van der Waals surface area (Å²) in [4.78, 5) is 23.0. The number of methoxy groups -OCH3 is 2. The largest absolute Gasteiger partial charge is 0.479 e. The Morgan fingerprint density at radius 3 is 2.10 bits per heavy atom. The van der Waals surface area contributed by atoms with Gasteiger partial charge in [-0.25, -0.2) is 4.79 Å². The smallest absolute Gasteiger partial charge is 0.335 e. The second kappa shape index (κ2) is 10.1. The molecule has 2 heterocycles. The Bertz CT molecular complexity index is 576. The maximum absolute atomic E-state index is 11.6. The van der Waals surface area contributed by atoms with Gasteiger partial charge < -0.3 is 54.5 Å². The zero-order valence-corrected chi connectivity index (χ0v) is 16.1. The molecule has 2 saturated heterocycles. The summed E-state index contributed by atoms with van der Waals surface area (Å²) in [6, 6.07) is -1.10. The van der Waals surface area contributed by atoms with Gasteiger partial charge >= 0.3 is 5.97 Å². The van der Waals surface area contributed by atoms with Crippen LogP contribution in [0.25, 0.3) is 0 Å². The van der Waals surface area contributed by atoms with Crippen LogP contribution in [0.3, 0.4) is 0 Å². The number of amides is 1. The van der Waals surface area contributed by atoms with Gasteiger partial charge in [-0.2, -0.15) is 0 Å². The van der Waals surface area contributed by atoms with Crippen LogP contribution in [0.4, 0.5) is 0 Å². The number of aliphatic carboxylic acids is 1. The fourth-order valence-corrected chi connectivity index (χ4v) is 3.39. The molecule has 168 valence electrons. The van der Waals surface area contributed by atoms with E-state index in [4.69, 9.17) is 23.7 Å². The predicted molar refractivity (Wildman–Crippen MR) is 90.3 cm³/mol. The van der Waals surface area contributed by atoms with Gasteiger partial charge in [0.05, 0.1) is 6.61 Å². The molecule has 0 radical (unpaired) electrons. The molecule has 0 aromatic rings. The lowest BCUT2D eigenvalue weighted by atomic mass is 9.95. The molecule has 2 aliphatic heterocycles. The van der Waals surface area contributed by atoms with Gasteiger partial charge in [0, 0.05) is 21.1 Å². The van der Waals surface area contributed by atoms with E-state index in [2.05, 4.69) is 5.32 Å². The van der Waals surface area contributed by atoms with Crippen LogP contribution < -0.4 is 5.32 Å². The summed E-state index contributed by atoms with van der Waals surface area (Å²) in [5, 5.41) is 52.3. The summed E-state index contributed by atoms with van der Waals surface area (Å²) in [7, 11) is 2.41. The van der Waals surface area contributed by atoms with E-state index >= 15 is 0 Å². The minimum Gasteiger partial charge on any atom is -0.479 e. The highest BCUT2D eigenvalue weighted by atomic mass is 16.7. The maximum Gasteiger partial charge on any atom is 0.335 e. The van der Waals surface area contributed by atoms with Crippen molar-refractivity contribution in [1.29, 1.82) is 0 Å². The zero-order chi connectivity index (χ0) is 21.9. The Balaban J connectivity index is 2.30. The van der Waals surface area contributed by atoms with E-state index in [0.717, 1.165) is 7.11 Å². The lowest BCUT2D eigenvalue weighted by Gasteiger charge is -2.47. The molecule has 1 amide bonds. The Morgan fingerprint density at radius 1 is 0.966 bits per heavy atom. The van der Waals surface area contributed by atoms with Crippen molar-refractivity contribution >= 4 is 11.9 Å². The lowest BCUT2D eigenvalue weighted by molar-refractivity contribution is -0.339. The van der Waals surface area contributed by atoms with Crippen molar-refractivity contribution in [3.05, 3.63) is 0 Å². The summed E-state index contributed by atoms with van der Waals surface area (Å²) >= 11 is 0. The number of hydrogen-bond acceptors (Lipinski definition) is 11. The highest BCUT2D eigenvalue weighted by Gasteiger charge is 2.53. The van der Waals surface area contributed by atoms with Gasteiger partial charge in [-0.15, -0.1) is 0 Å². The molecule has 29 heavy (non-hydrogen) atoms. The first-order valence-corrected chi connectivity index (χ1v) is 8.83. The van der Waals surface area contributed by atoms with Crippen molar-refractivity contribution in [1.82, 2.24) is 5.32 Å². The fraction of sp³-hybridized carbons (Fsp3) is 0.875. The third-order valence-corrected chi connectivity index (χ3v) is 4.81. The van der Waals surface area contributed by atoms with E-state index in [1.807, 2.05) is 0 Å². The van der Waals surface area contributed by atoms with E-state index in [9.17, 15) is 35.1 Å². The van der Waals surface area contributed by atoms with E-state index in [1.165, 1.54) is 14.0 Å². The molecule has 13 nitrogen and oxygen atoms in total. The topological polar surface area (TPSA) is 193 Å². The van der Waals surface area contributed by atoms with Gasteiger partial charge in [-0.05, 0) is 0 Å². The van der Waals surface area contributed by atoms with Crippen molar-refractivity contribution < 1.29 is 58.8 Å². The first kappa shape index (κ1) is 23.9. The van der Waals surface area contributed by atoms with Crippen molar-refractivity contribution in [3.63, 3.8) is 0 Å². The van der Waals surface area contributed by atoms with E-state index in [-0.39, 0.29) is 0 Å². The average Bonchev–Trinajstić information content (AvgIpc) is 2.67. The molecule has 4 unspecified atom stereocenters. The molecule has 2 rings (SSSR count). The molecule has 0 aliphatic carbocycles. The monoisotopic (exact) mass is 425 g/mol. The molecule has 2 fully saturated rings. The highest BCUT2D eigenvalue weighted by molar-refractivity contribution is 5.73. The molecule has 10 atom stereocenters. The van der Waals surface area contributed by atoms with Gasteiger partial charge in [0.1, 0.15) is 42.7 Å². The SMILES string of the molecule is CO[C@@H]1C(C(=O)O)O[C@@H](OC2[C@H](O)C(CO)O[C@@H](OC)[C@H]2NC(C)=O)[C@@H](O)C1O. The number of carboxylic acid groups (broad SMARTS) is 1. The van der Waals surface area contributed by atoms with Crippen LogP contribution in [0, 0.1) is 0 Å². The number of carbonyl (C=O) groups excluding carboxylic acids is 1. The number of hydrogen-bond donors (Lipinski definition) is 6. The van der Waals surface area contributed by atoms with Crippen molar-refractivity contribution in [2.24, 2.45) is 0 Å². The molecule has 0 bridgehead atoms. The maximum atomic E-state index is 11.6. The number of nitrogens with one attached hydrogen (secondary N) is 1. The van der Waals surface area contributed by atoms with Crippen LogP contribution in [0.15, 0.2) is 0 Å². The summed E-state index contributed by atoms with van der Waals surface area (Å²) in [6.45, 7) is 0.585. The molecule has 0 saturated carbocycles. The van der Waals surface area contributed by atoms with Crippen LogP contribution >= 0.6 is 0 Å². The van der Waals surface area contributed by atoms with E-state index in [0.29, 0.717) is 0 Å². The van der Waals surface area contributed by atoms with Crippen molar-refractivity contribution in [3.8, 4) is 0 Å². The molecule has 0 aromatic heterocycles. The normalized spacial score (nSPS) is 43.0. The van der Waals surface area contributed by atoms with Gasteiger partial charge in [-0.1, -0.05) is 0 Å². The van der Waals surface area contributed by atoms with Crippen LogP contribution in [0.2, 0.25) is 0 Å². The lowest BCUT2D eigenvalue weighted by Crippen LogP contribution is -2.68. The second-order valence-electron chi connectivity index (χ2n) is 6.72. The Labute approximate surface area is 166 Å². The van der Waals surface area contributed by atoms with Gasteiger partial charge in [0.25, 0.3) is 0 Å². The molecule has 0 aromatic carbocycles. The van der Waals surface area contributed by atoms with Gasteiger partial charge in [-0.3, -0.25) is 4.79 Å². The first-order valence-electron chi connectivity index (χ1n) is 8.83. The van der Waals surface area contributed by atoms with Crippen molar-refractivity contribution in [2.45, 2.75) is 68.3 Å². The minimum absolute atomic E-state index is 0.517.